The number of hydrogen-bond donors (Lipinski definition) is 2. The highest BCUT2D eigenvalue weighted by atomic mass is 19.1. The molecule has 2 N–H and O–H groups in total. The van der Waals surface area contributed by atoms with Crippen molar-refractivity contribution < 1.29 is 18.7 Å². The summed E-state index contributed by atoms with van der Waals surface area (Å²) in [6.45, 7) is 0.486. The summed E-state index contributed by atoms with van der Waals surface area (Å²) in [6, 6.07) is 6.69. The predicted molar refractivity (Wildman–Crippen MR) is 89.3 cm³/mol. The van der Waals surface area contributed by atoms with E-state index < -0.39 is 5.82 Å². The number of nitrogens with one attached hydrogen (secondary N) is 2. The Hall–Kier alpha value is -2.74. The molecule has 1 aromatic carbocycles. The molecule has 134 valence electrons. The van der Waals surface area contributed by atoms with Crippen molar-refractivity contribution in [3.63, 3.8) is 0 Å². The number of nitrogens with zero attached hydrogens (tertiary/aromatic N) is 2. The molecule has 0 bridgehead atoms. The smallest absolute Gasteiger partial charge is 0.251 e. The number of halogens is 1. The van der Waals surface area contributed by atoms with Crippen LogP contribution in [0.1, 0.15) is 28.5 Å². The summed E-state index contributed by atoms with van der Waals surface area (Å²) < 4.78 is 19.6. The van der Waals surface area contributed by atoms with Crippen LogP contribution in [0.3, 0.4) is 0 Å². The Bertz CT molecular complexity index is 715. The van der Waals surface area contributed by atoms with Gasteiger partial charge in [0.1, 0.15) is 5.82 Å². The van der Waals surface area contributed by atoms with E-state index in [4.69, 9.17) is 4.74 Å². The minimum atomic E-state index is -0.407. The van der Waals surface area contributed by atoms with Crippen molar-refractivity contribution in [2.24, 2.45) is 7.05 Å². The summed E-state index contributed by atoms with van der Waals surface area (Å²) in [5.41, 5.74) is 1.17. The summed E-state index contributed by atoms with van der Waals surface area (Å²) >= 11 is 0. The van der Waals surface area contributed by atoms with Crippen LogP contribution < -0.4 is 10.6 Å². The lowest BCUT2D eigenvalue weighted by Crippen LogP contribution is -2.35. The van der Waals surface area contributed by atoms with Gasteiger partial charge >= 0.3 is 0 Å². The van der Waals surface area contributed by atoms with Crippen LogP contribution in [-0.2, 0) is 16.6 Å². The quantitative estimate of drug-likeness (QED) is 0.750. The van der Waals surface area contributed by atoms with E-state index in [1.165, 1.54) is 24.3 Å². The topological polar surface area (TPSA) is 85.2 Å². The molecule has 2 amide bonds. The zero-order valence-corrected chi connectivity index (χ0v) is 14.2. The molecule has 2 rings (SSSR count). The zero-order valence-electron chi connectivity index (χ0n) is 14.2. The first-order chi connectivity index (χ1) is 12.0. The summed E-state index contributed by atoms with van der Waals surface area (Å²) in [6.07, 6.45) is 1.76. The van der Waals surface area contributed by atoms with E-state index >= 15 is 0 Å². The van der Waals surface area contributed by atoms with Crippen molar-refractivity contribution in [3.05, 3.63) is 53.6 Å². The van der Waals surface area contributed by atoms with E-state index in [-0.39, 0.29) is 30.8 Å². The van der Waals surface area contributed by atoms with E-state index in [9.17, 15) is 14.0 Å². The van der Waals surface area contributed by atoms with E-state index in [2.05, 4.69) is 15.7 Å². The Balaban J connectivity index is 1.82. The average molecular weight is 348 g/mol. The van der Waals surface area contributed by atoms with Crippen LogP contribution in [0.15, 0.2) is 36.5 Å². The number of amides is 2. The number of carbonyl (C=O) groups excluding carboxylic acids is 2. The molecule has 2 aromatic rings. The van der Waals surface area contributed by atoms with Crippen molar-refractivity contribution in [1.29, 1.82) is 0 Å². The largest absolute Gasteiger partial charge is 0.382 e. The number of hydrogen-bond acceptors (Lipinski definition) is 4. The lowest BCUT2D eigenvalue weighted by molar-refractivity contribution is -0.122. The van der Waals surface area contributed by atoms with Crippen molar-refractivity contribution in [1.82, 2.24) is 20.4 Å². The standard InChI is InChI=1S/C17H21FN4O3/c1-22-15(7-10-20-22)14(11-25-2)21-16(23)8-9-19-17(24)12-3-5-13(18)6-4-12/h3-7,10,14H,8-9,11H2,1-2H3,(H,19,24)(H,21,23)/t14-/m0/s1. The van der Waals surface area contributed by atoms with Crippen molar-refractivity contribution in [2.75, 3.05) is 20.3 Å². The second-order valence-electron chi connectivity index (χ2n) is 5.47. The van der Waals surface area contributed by atoms with Crippen LogP contribution in [0.4, 0.5) is 4.39 Å². The molecule has 0 spiro atoms. The normalized spacial score (nSPS) is 11.8. The van der Waals surface area contributed by atoms with Gasteiger partial charge in [0.25, 0.3) is 5.91 Å². The van der Waals surface area contributed by atoms with Gasteiger partial charge in [0.2, 0.25) is 5.91 Å². The lowest BCUT2D eigenvalue weighted by Gasteiger charge is -2.18. The molecular formula is C17H21FN4O3. The number of aryl methyl sites for hydroxylation is 1. The van der Waals surface area contributed by atoms with Crippen molar-refractivity contribution in [2.45, 2.75) is 12.5 Å². The maximum Gasteiger partial charge on any atom is 0.251 e. The molecule has 0 saturated heterocycles. The molecule has 25 heavy (non-hydrogen) atoms. The number of benzene rings is 1. The number of aromatic nitrogens is 2. The molecule has 0 unspecified atom stereocenters. The second kappa shape index (κ2) is 8.93. The molecule has 7 nitrogen and oxygen atoms in total. The highest BCUT2D eigenvalue weighted by Gasteiger charge is 2.17. The fourth-order valence-electron chi connectivity index (χ4n) is 2.35. The molecule has 8 heteroatoms. The van der Waals surface area contributed by atoms with Gasteiger partial charge in [-0.2, -0.15) is 5.10 Å². The summed E-state index contributed by atoms with van der Waals surface area (Å²) in [4.78, 5) is 24.0. The zero-order chi connectivity index (χ0) is 18.2. The third kappa shape index (κ3) is 5.39. The molecule has 0 aliphatic rings. The van der Waals surface area contributed by atoms with Gasteiger partial charge in [-0.05, 0) is 30.3 Å². The Morgan fingerprint density at radius 3 is 2.60 bits per heavy atom. The fourth-order valence-corrected chi connectivity index (χ4v) is 2.35. The van der Waals surface area contributed by atoms with Crippen LogP contribution in [0.5, 0.6) is 0 Å². The minimum absolute atomic E-state index is 0.116. The van der Waals surface area contributed by atoms with Crippen LogP contribution in [0, 0.1) is 5.82 Å². The maximum absolute atomic E-state index is 12.8. The molecule has 0 aliphatic heterocycles. The Labute approximate surface area is 145 Å². The van der Waals surface area contributed by atoms with Gasteiger partial charge in [0.15, 0.2) is 0 Å². The van der Waals surface area contributed by atoms with Gasteiger partial charge in [0.05, 0.1) is 18.3 Å². The molecular weight excluding hydrogens is 327 g/mol. The van der Waals surface area contributed by atoms with Gasteiger partial charge in [-0.1, -0.05) is 0 Å². The molecule has 0 saturated carbocycles. The number of ether oxygens (including phenoxy) is 1. The first-order valence-corrected chi connectivity index (χ1v) is 7.81. The van der Waals surface area contributed by atoms with Gasteiger partial charge in [-0.15, -0.1) is 0 Å². The van der Waals surface area contributed by atoms with Gasteiger partial charge in [-0.3, -0.25) is 14.3 Å². The average Bonchev–Trinajstić information content (AvgIpc) is 3.01. The highest BCUT2D eigenvalue weighted by Crippen LogP contribution is 2.12. The van der Waals surface area contributed by atoms with Crippen molar-refractivity contribution >= 4 is 11.8 Å². The van der Waals surface area contributed by atoms with Crippen LogP contribution >= 0.6 is 0 Å². The second-order valence-corrected chi connectivity index (χ2v) is 5.47. The lowest BCUT2D eigenvalue weighted by atomic mass is 10.2. The number of methoxy groups -OCH3 is 1. The summed E-state index contributed by atoms with van der Waals surface area (Å²) in [5, 5.41) is 9.56. The first-order valence-electron chi connectivity index (χ1n) is 7.81. The predicted octanol–water partition coefficient (Wildman–Crippen LogP) is 1.18. The molecule has 0 aliphatic carbocycles. The molecule has 1 aromatic heterocycles. The maximum atomic E-state index is 12.8. The third-order valence-electron chi connectivity index (χ3n) is 3.63. The van der Waals surface area contributed by atoms with E-state index in [1.807, 2.05) is 0 Å². The van der Waals surface area contributed by atoms with E-state index in [1.54, 1.807) is 31.1 Å². The Kier molecular flexibility index (Phi) is 6.64. The highest BCUT2D eigenvalue weighted by molar-refractivity contribution is 5.94. The first kappa shape index (κ1) is 18.6. The SMILES string of the molecule is COC[C@H](NC(=O)CCNC(=O)c1ccc(F)cc1)c1ccnn1C. The van der Waals surface area contributed by atoms with E-state index in [0.717, 1.165) is 5.69 Å². The molecule has 1 atom stereocenters. The monoisotopic (exact) mass is 348 g/mol. The Morgan fingerprint density at radius 1 is 1.28 bits per heavy atom. The number of carbonyl (C=O) groups is 2. The minimum Gasteiger partial charge on any atom is -0.382 e. The van der Waals surface area contributed by atoms with Gasteiger partial charge in [-0.25, -0.2) is 4.39 Å². The van der Waals surface area contributed by atoms with Gasteiger partial charge < -0.3 is 15.4 Å². The molecule has 0 fully saturated rings. The van der Waals surface area contributed by atoms with Gasteiger partial charge in [0, 0.05) is 38.9 Å². The van der Waals surface area contributed by atoms with Crippen LogP contribution in [-0.4, -0.2) is 41.9 Å². The summed E-state index contributed by atoms with van der Waals surface area (Å²) in [7, 11) is 3.34. The third-order valence-corrected chi connectivity index (χ3v) is 3.63. The number of rotatable bonds is 8. The Morgan fingerprint density at radius 2 is 2.00 bits per heavy atom. The van der Waals surface area contributed by atoms with E-state index in [0.29, 0.717) is 12.2 Å². The molecule has 0 radical (unpaired) electrons. The summed E-state index contributed by atoms with van der Waals surface area (Å²) in [5.74, 6) is -0.981. The molecule has 1 heterocycles. The van der Waals surface area contributed by atoms with Crippen molar-refractivity contribution in [3.8, 4) is 0 Å². The fraction of sp³-hybridized carbons (Fsp3) is 0.353. The van der Waals surface area contributed by atoms with Crippen LogP contribution in [0.2, 0.25) is 0 Å². The van der Waals surface area contributed by atoms with Crippen LogP contribution in [0.25, 0.3) is 0 Å².